The summed E-state index contributed by atoms with van der Waals surface area (Å²) in [6.07, 6.45) is -0.291. The molecule has 1 aliphatic heterocycles. The number of nitrogens with zero attached hydrogens (tertiary/aromatic N) is 1. The van der Waals surface area contributed by atoms with Crippen LogP contribution in [-0.4, -0.2) is 22.8 Å². The van der Waals surface area contributed by atoms with Gasteiger partial charge in [-0.05, 0) is 11.1 Å². The highest BCUT2D eigenvalue weighted by atomic mass is 16.3. The summed E-state index contributed by atoms with van der Waals surface area (Å²) in [5, 5.41) is 9.65. The van der Waals surface area contributed by atoms with Crippen molar-refractivity contribution in [3.63, 3.8) is 0 Å². The number of aliphatic hydroxyl groups excluding tert-OH is 1. The van der Waals surface area contributed by atoms with Gasteiger partial charge in [0.05, 0.1) is 6.04 Å². The molecule has 3 rings (SSSR count). The molecule has 1 aliphatic rings. The van der Waals surface area contributed by atoms with Gasteiger partial charge in [-0.1, -0.05) is 60.7 Å². The highest BCUT2D eigenvalue weighted by Crippen LogP contribution is 2.35. The van der Waals surface area contributed by atoms with E-state index in [1.54, 1.807) is 0 Å². The van der Waals surface area contributed by atoms with E-state index in [2.05, 4.69) is 29.2 Å². The molecule has 2 nitrogen and oxygen atoms in total. The molecule has 1 saturated heterocycles. The molecule has 0 amide bonds. The van der Waals surface area contributed by atoms with Crippen LogP contribution in [0.25, 0.3) is 0 Å². The predicted molar refractivity (Wildman–Crippen MR) is 67.4 cm³/mol. The van der Waals surface area contributed by atoms with Gasteiger partial charge in [0.2, 0.25) is 0 Å². The lowest BCUT2D eigenvalue weighted by molar-refractivity contribution is 0.194. The van der Waals surface area contributed by atoms with Crippen LogP contribution in [-0.2, 0) is 0 Å². The van der Waals surface area contributed by atoms with E-state index in [-0.39, 0.29) is 12.3 Å². The van der Waals surface area contributed by atoms with Gasteiger partial charge in [-0.25, -0.2) is 0 Å². The van der Waals surface area contributed by atoms with Gasteiger partial charge in [-0.2, -0.15) is 0 Å². The topological polar surface area (TPSA) is 23.2 Å². The van der Waals surface area contributed by atoms with E-state index in [1.165, 1.54) is 11.1 Å². The van der Waals surface area contributed by atoms with Crippen LogP contribution in [0, 0.1) is 0 Å². The smallest absolute Gasteiger partial charge is 0.121 e. The molecule has 1 heterocycles. The maximum atomic E-state index is 9.65. The van der Waals surface area contributed by atoms with Crippen LogP contribution in [0.4, 0.5) is 0 Å². The van der Waals surface area contributed by atoms with Gasteiger partial charge in [-0.3, -0.25) is 4.90 Å². The highest BCUT2D eigenvalue weighted by Gasteiger charge is 2.39. The molecule has 1 fully saturated rings. The van der Waals surface area contributed by atoms with Gasteiger partial charge in [0.25, 0.3) is 0 Å². The standard InChI is InChI=1S/C15H15NO/c17-14-11-16(14)15(12-7-3-1-4-8-12)13-9-5-2-6-10-13/h1-10,14-15,17H,11H2. The maximum Gasteiger partial charge on any atom is 0.121 e. The first-order valence-electron chi connectivity index (χ1n) is 5.90. The number of β-amino-alcohol motifs (C(OH)–C–C–N with tert-alkyl or cyclic N) is 1. The first kappa shape index (κ1) is 10.5. The molecular formula is C15H15NO. The molecular weight excluding hydrogens is 210 g/mol. The van der Waals surface area contributed by atoms with Gasteiger partial charge in [0.1, 0.15) is 6.23 Å². The van der Waals surface area contributed by atoms with E-state index in [4.69, 9.17) is 0 Å². The third kappa shape index (κ3) is 2.09. The Morgan fingerprint density at radius 2 is 1.29 bits per heavy atom. The Labute approximate surface area is 101 Å². The number of rotatable bonds is 3. The SMILES string of the molecule is OC1CN1C(c1ccccc1)c1ccccc1. The zero-order chi connectivity index (χ0) is 11.7. The third-order valence-electron chi connectivity index (χ3n) is 3.19. The number of hydrogen-bond acceptors (Lipinski definition) is 2. The van der Waals surface area contributed by atoms with Gasteiger partial charge in [0.15, 0.2) is 0 Å². The second-order valence-corrected chi connectivity index (χ2v) is 4.40. The van der Waals surface area contributed by atoms with Crippen LogP contribution in [0.1, 0.15) is 17.2 Å². The van der Waals surface area contributed by atoms with Crippen molar-refractivity contribution in [2.24, 2.45) is 0 Å². The largest absolute Gasteiger partial charge is 0.377 e. The maximum absolute atomic E-state index is 9.65. The number of benzene rings is 2. The minimum Gasteiger partial charge on any atom is -0.377 e. The van der Waals surface area contributed by atoms with Crippen LogP contribution < -0.4 is 0 Å². The highest BCUT2D eigenvalue weighted by molar-refractivity contribution is 5.33. The second kappa shape index (κ2) is 4.32. The van der Waals surface area contributed by atoms with Crippen LogP contribution in [0.3, 0.4) is 0 Å². The summed E-state index contributed by atoms with van der Waals surface area (Å²) in [7, 11) is 0. The van der Waals surface area contributed by atoms with E-state index in [0.29, 0.717) is 0 Å². The molecule has 2 heteroatoms. The molecule has 2 atom stereocenters. The minimum atomic E-state index is -0.291. The Morgan fingerprint density at radius 3 is 1.65 bits per heavy atom. The van der Waals surface area contributed by atoms with E-state index in [1.807, 2.05) is 36.4 Å². The molecule has 2 aromatic carbocycles. The average Bonchev–Trinajstić information content (AvgIpc) is 3.09. The van der Waals surface area contributed by atoms with Gasteiger partial charge < -0.3 is 5.11 Å². The fourth-order valence-electron chi connectivity index (χ4n) is 2.26. The molecule has 0 radical (unpaired) electrons. The monoisotopic (exact) mass is 225 g/mol. The molecule has 86 valence electrons. The van der Waals surface area contributed by atoms with Crippen molar-refractivity contribution in [3.05, 3.63) is 71.8 Å². The summed E-state index contributed by atoms with van der Waals surface area (Å²) < 4.78 is 0. The molecule has 17 heavy (non-hydrogen) atoms. The van der Waals surface area contributed by atoms with Crippen molar-refractivity contribution in [3.8, 4) is 0 Å². The minimum absolute atomic E-state index is 0.174. The van der Waals surface area contributed by atoms with Crippen molar-refractivity contribution in [2.45, 2.75) is 12.3 Å². The lowest BCUT2D eigenvalue weighted by atomic mass is 9.99. The Bertz CT molecular complexity index is 443. The van der Waals surface area contributed by atoms with Gasteiger partial charge in [0, 0.05) is 6.54 Å². The summed E-state index contributed by atoms with van der Waals surface area (Å²) in [6, 6.07) is 20.8. The van der Waals surface area contributed by atoms with Crippen LogP contribution in [0.5, 0.6) is 0 Å². The number of hydrogen-bond donors (Lipinski definition) is 1. The lowest BCUT2D eigenvalue weighted by Crippen LogP contribution is -2.13. The van der Waals surface area contributed by atoms with E-state index in [9.17, 15) is 5.11 Å². The lowest BCUT2D eigenvalue weighted by Gasteiger charge is -2.19. The third-order valence-corrected chi connectivity index (χ3v) is 3.19. The molecule has 1 N–H and O–H groups in total. The zero-order valence-corrected chi connectivity index (χ0v) is 9.53. The molecule has 0 spiro atoms. The van der Waals surface area contributed by atoms with Gasteiger partial charge in [-0.15, -0.1) is 0 Å². The fraction of sp³-hybridized carbons (Fsp3) is 0.200. The van der Waals surface area contributed by atoms with E-state index >= 15 is 0 Å². The Balaban J connectivity index is 1.99. The average molecular weight is 225 g/mol. The van der Waals surface area contributed by atoms with Gasteiger partial charge >= 0.3 is 0 Å². The summed E-state index contributed by atoms with van der Waals surface area (Å²) >= 11 is 0. The summed E-state index contributed by atoms with van der Waals surface area (Å²) in [6.45, 7) is 0.758. The predicted octanol–water partition coefficient (Wildman–Crippen LogP) is 2.41. The molecule has 0 aromatic heterocycles. The summed E-state index contributed by atoms with van der Waals surface area (Å²) in [5.74, 6) is 0. The van der Waals surface area contributed by atoms with Crippen molar-refractivity contribution < 1.29 is 5.11 Å². The van der Waals surface area contributed by atoms with Crippen molar-refractivity contribution in [1.82, 2.24) is 4.90 Å². The number of aliphatic hydroxyl groups is 1. The van der Waals surface area contributed by atoms with Crippen molar-refractivity contribution in [1.29, 1.82) is 0 Å². The normalized spacial score (nSPS) is 22.7. The molecule has 0 bridgehead atoms. The van der Waals surface area contributed by atoms with Crippen molar-refractivity contribution >= 4 is 0 Å². The Morgan fingerprint density at radius 1 is 0.882 bits per heavy atom. The van der Waals surface area contributed by atoms with Crippen LogP contribution in [0.15, 0.2) is 60.7 Å². The quantitative estimate of drug-likeness (QED) is 0.811. The Hall–Kier alpha value is -1.64. The molecule has 0 saturated carbocycles. The zero-order valence-electron chi connectivity index (χ0n) is 9.53. The molecule has 2 aromatic rings. The summed E-state index contributed by atoms with van der Waals surface area (Å²) in [5.41, 5.74) is 2.46. The first-order valence-corrected chi connectivity index (χ1v) is 5.90. The molecule has 0 aliphatic carbocycles. The second-order valence-electron chi connectivity index (χ2n) is 4.40. The summed E-state index contributed by atoms with van der Waals surface area (Å²) in [4.78, 5) is 2.09. The van der Waals surface area contributed by atoms with E-state index in [0.717, 1.165) is 6.54 Å². The van der Waals surface area contributed by atoms with Crippen molar-refractivity contribution in [2.75, 3.05) is 6.54 Å². The van der Waals surface area contributed by atoms with E-state index < -0.39 is 0 Å². The first-order chi connectivity index (χ1) is 8.36. The molecule has 2 unspecified atom stereocenters. The van der Waals surface area contributed by atoms with Crippen LogP contribution in [0.2, 0.25) is 0 Å². The van der Waals surface area contributed by atoms with Crippen LogP contribution >= 0.6 is 0 Å². The Kier molecular flexibility index (Phi) is 2.67. The fourth-order valence-corrected chi connectivity index (χ4v) is 2.26.